The van der Waals surface area contributed by atoms with Gasteiger partial charge in [-0.1, -0.05) is 18.2 Å². The molecular formula is C10H10O4. The molecule has 1 N–H and O–H groups in total. The van der Waals surface area contributed by atoms with Gasteiger partial charge in [-0.25, -0.2) is 4.79 Å². The fourth-order valence-corrected chi connectivity index (χ4v) is 1.44. The van der Waals surface area contributed by atoms with Gasteiger partial charge < -0.3 is 14.6 Å². The Balaban J connectivity index is 2.22. The second-order valence-corrected chi connectivity index (χ2v) is 3.06. The molecule has 0 aromatic heterocycles. The van der Waals surface area contributed by atoms with E-state index in [0.717, 1.165) is 5.56 Å². The second-order valence-electron chi connectivity index (χ2n) is 3.06. The van der Waals surface area contributed by atoms with Crippen molar-refractivity contribution in [3.05, 3.63) is 29.8 Å². The lowest BCUT2D eigenvalue weighted by Crippen LogP contribution is -2.05. The van der Waals surface area contributed by atoms with Crippen LogP contribution >= 0.6 is 0 Å². The van der Waals surface area contributed by atoms with E-state index in [-0.39, 0.29) is 6.10 Å². The van der Waals surface area contributed by atoms with Gasteiger partial charge in [0.2, 0.25) is 0 Å². The first-order valence-corrected chi connectivity index (χ1v) is 4.25. The Bertz CT molecular complexity index is 361. The summed E-state index contributed by atoms with van der Waals surface area (Å²) in [7, 11) is 1.55. The Morgan fingerprint density at radius 1 is 1.50 bits per heavy atom. The highest BCUT2D eigenvalue weighted by Crippen LogP contribution is 2.42. The van der Waals surface area contributed by atoms with Crippen molar-refractivity contribution < 1.29 is 19.4 Å². The van der Waals surface area contributed by atoms with Gasteiger partial charge in [0.05, 0.1) is 7.11 Å². The van der Waals surface area contributed by atoms with Crippen LogP contribution in [0.1, 0.15) is 11.7 Å². The molecule has 0 unspecified atom stereocenters. The van der Waals surface area contributed by atoms with Gasteiger partial charge in [-0.2, -0.15) is 0 Å². The average Bonchev–Trinajstić information content (AvgIpc) is 2.97. The Morgan fingerprint density at radius 2 is 2.21 bits per heavy atom. The molecule has 1 fully saturated rings. The number of para-hydroxylation sites is 1. The fourth-order valence-electron chi connectivity index (χ4n) is 1.44. The van der Waals surface area contributed by atoms with E-state index in [1.165, 1.54) is 0 Å². The molecule has 4 nitrogen and oxygen atoms in total. The van der Waals surface area contributed by atoms with E-state index in [9.17, 15) is 4.79 Å². The quantitative estimate of drug-likeness (QED) is 0.735. The molecule has 1 saturated heterocycles. The van der Waals surface area contributed by atoms with Crippen molar-refractivity contribution >= 4 is 5.97 Å². The van der Waals surface area contributed by atoms with Gasteiger partial charge in [0, 0.05) is 5.56 Å². The van der Waals surface area contributed by atoms with Gasteiger partial charge in [-0.05, 0) is 6.07 Å². The summed E-state index contributed by atoms with van der Waals surface area (Å²) < 4.78 is 10.1. The zero-order valence-electron chi connectivity index (χ0n) is 7.64. The molecule has 1 aromatic carbocycles. The van der Waals surface area contributed by atoms with Crippen LogP contribution in [0.3, 0.4) is 0 Å². The van der Waals surface area contributed by atoms with E-state index in [1.54, 1.807) is 13.2 Å². The molecule has 1 aromatic rings. The van der Waals surface area contributed by atoms with Gasteiger partial charge in [-0.15, -0.1) is 0 Å². The van der Waals surface area contributed by atoms with Crippen LogP contribution in [0.5, 0.6) is 5.75 Å². The molecule has 1 aliphatic heterocycles. The Morgan fingerprint density at radius 3 is 2.79 bits per heavy atom. The van der Waals surface area contributed by atoms with Crippen molar-refractivity contribution in [3.63, 3.8) is 0 Å². The number of epoxide rings is 1. The number of rotatable bonds is 3. The lowest BCUT2D eigenvalue weighted by Gasteiger charge is -2.04. The molecule has 74 valence electrons. The van der Waals surface area contributed by atoms with Gasteiger partial charge in [0.1, 0.15) is 11.9 Å². The van der Waals surface area contributed by atoms with Crippen LogP contribution in [-0.2, 0) is 9.53 Å². The predicted octanol–water partition coefficient (Wildman–Crippen LogP) is 1.22. The van der Waals surface area contributed by atoms with E-state index >= 15 is 0 Å². The minimum atomic E-state index is -0.930. The number of carboxylic acid groups (broad SMARTS) is 1. The van der Waals surface area contributed by atoms with Crippen molar-refractivity contribution in [2.24, 2.45) is 0 Å². The van der Waals surface area contributed by atoms with Gasteiger partial charge in [-0.3, -0.25) is 0 Å². The molecule has 0 amide bonds. The molecule has 1 aliphatic rings. The Labute approximate surface area is 81.1 Å². The maximum absolute atomic E-state index is 10.6. The number of methoxy groups -OCH3 is 1. The molecule has 2 atom stereocenters. The van der Waals surface area contributed by atoms with Crippen molar-refractivity contribution in [1.82, 2.24) is 0 Å². The van der Waals surface area contributed by atoms with E-state index in [1.807, 2.05) is 18.2 Å². The van der Waals surface area contributed by atoms with Crippen molar-refractivity contribution in [2.75, 3.05) is 7.11 Å². The molecule has 0 bridgehead atoms. The maximum Gasteiger partial charge on any atom is 0.335 e. The second kappa shape index (κ2) is 3.31. The minimum absolute atomic E-state index is 0.358. The molecular weight excluding hydrogens is 184 g/mol. The largest absolute Gasteiger partial charge is 0.496 e. The zero-order chi connectivity index (χ0) is 10.1. The number of aliphatic carboxylic acids is 1. The molecule has 0 aliphatic carbocycles. The average molecular weight is 194 g/mol. The third kappa shape index (κ3) is 1.44. The third-order valence-corrected chi connectivity index (χ3v) is 2.18. The van der Waals surface area contributed by atoms with Crippen LogP contribution in [0.4, 0.5) is 0 Å². The third-order valence-electron chi connectivity index (χ3n) is 2.18. The maximum atomic E-state index is 10.6. The number of hydrogen-bond donors (Lipinski definition) is 1. The summed E-state index contributed by atoms with van der Waals surface area (Å²) in [5, 5.41) is 8.68. The predicted molar refractivity (Wildman–Crippen MR) is 48.2 cm³/mol. The van der Waals surface area contributed by atoms with Crippen LogP contribution in [0.25, 0.3) is 0 Å². The van der Waals surface area contributed by atoms with E-state index in [4.69, 9.17) is 14.6 Å². The van der Waals surface area contributed by atoms with Gasteiger partial charge >= 0.3 is 5.97 Å². The lowest BCUT2D eigenvalue weighted by atomic mass is 10.1. The highest BCUT2D eigenvalue weighted by molar-refractivity contribution is 5.76. The van der Waals surface area contributed by atoms with Gasteiger partial charge in [0.25, 0.3) is 0 Å². The monoisotopic (exact) mass is 194 g/mol. The first kappa shape index (κ1) is 9.02. The number of hydrogen-bond acceptors (Lipinski definition) is 3. The number of benzene rings is 1. The molecule has 1 heterocycles. The standard InChI is InChI=1S/C10H10O4/c1-13-7-5-3-2-4-6(7)8-9(14-8)10(11)12/h2-5,8-9H,1H3,(H,11,12)/t8-,9-/m0/s1. The summed E-state index contributed by atoms with van der Waals surface area (Å²) >= 11 is 0. The van der Waals surface area contributed by atoms with Crippen LogP contribution in [0.2, 0.25) is 0 Å². The van der Waals surface area contributed by atoms with Gasteiger partial charge in [0.15, 0.2) is 6.10 Å². The van der Waals surface area contributed by atoms with Crippen molar-refractivity contribution in [1.29, 1.82) is 0 Å². The summed E-state index contributed by atoms with van der Waals surface area (Å²) in [5.41, 5.74) is 0.794. The lowest BCUT2D eigenvalue weighted by molar-refractivity contribution is -0.138. The normalized spacial score (nSPS) is 24.4. The molecule has 2 rings (SSSR count). The van der Waals surface area contributed by atoms with Crippen molar-refractivity contribution in [2.45, 2.75) is 12.2 Å². The van der Waals surface area contributed by atoms with E-state index < -0.39 is 12.1 Å². The molecule has 0 spiro atoms. The topological polar surface area (TPSA) is 59.1 Å². The van der Waals surface area contributed by atoms with Crippen molar-refractivity contribution in [3.8, 4) is 5.75 Å². The number of ether oxygens (including phenoxy) is 2. The summed E-state index contributed by atoms with van der Waals surface area (Å²) in [6.07, 6.45) is -1.07. The highest BCUT2D eigenvalue weighted by Gasteiger charge is 2.47. The van der Waals surface area contributed by atoms with E-state index in [2.05, 4.69) is 0 Å². The number of carbonyl (C=O) groups is 1. The van der Waals surface area contributed by atoms with Crippen LogP contribution in [-0.4, -0.2) is 24.3 Å². The molecule has 14 heavy (non-hydrogen) atoms. The molecule has 0 radical (unpaired) electrons. The zero-order valence-corrected chi connectivity index (χ0v) is 7.64. The number of carboxylic acids is 1. The minimum Gasteiger partial charge on any atom is -0.496 e. The molecule has 4 heteroatoms. The first-order valence-electron chi connectivity index (χ1n) is 4.25. The molecule has 0 saturated carbocycles. The SMILES string of the molecule is COc1ccccc1[C@@H]1O[C@@H]1C(=O)O. The first-order chi connectivity index (χ1) is 6.74. The van der Waals surface area contributed by atoms with Crippen LogP contribution in [0, 0.1) is 0 Å². The summed E-state index contributed by atoms with van der Waals surface area (Å²) in [6, 6.07) is 7.27. The Kier molecular flexibility index (Phi) is 2.13. The van der Waals surface area contributed by atoms with Crippen LogP contribution in [0.15, 0.2) is 24.3 Å². The van der Waals surface area contributed by atoms with Crippen LogP contribution < -0.4 is 4.74 Å². The fraction of sp³-hybridized carbons (Fsp3) is 0.300. The summed E-state index contributed by atoms with van der Waals surface area (Å²) in [6.45, 7) is 0. The smallest absolute Gasteiger partial charge is 0.335 e. The Hall–Kier alpha value is -1.55. The summed E-state index contributed by atoms with van der Waals surface area (Å²) in [4.78, 5) is 10.6. The highest BCUT2D eigenvalue weighted by atomic mass is 16.6. The van der Waals surface area contributed by atoms with E-state index in [0.29, 0.717) is 5.75 Å². The summed E-state index contributed by atoms with van der Waals surface area (Å²) in [5.74, 6) is -0.262.